The minimum atomic E-state index is -4.24. The lowest BCUT2D eigenvalue weighted by molar-refractivity contribution is 0.0505. The molecule has 9 nitrogen and oxygen atoms in total. The van der Waals surface area contributed by atoms with Crippen LogP contribution in [0.4, 0.5) is 5.69 Å². The average Bonchev–Trinajstić information content (AvgIpc) is 2.52. The number of hydrogen-bond donors (Lipinski definition) is 3. The van der Waals surface area contributed by atoms with Gasteiger partial charge in [-0.3, -0.25) is 14.5 Å². The Kier molecular flexibility index (Phi) is 5.19. The molecule has 0 saturated heterocycles. The van der Waals surface area contributed by atoms with Crippen LogP contribution in [0.5, 0.6) is 0 Å². The second kappa shape index (κ2) is 7.13. The second-order valence-electron chi connectivity index (χ2n) is 4.76. The Morgan fingerprint density at radius 2 is 2.04 bits per heavy atom. The fraction of sp³-hybridized carbons (Fsp3) is 0.214. The summed E-state index contributed by atoms with van der Waals surface area (Å²) in [6.45, 7) is 2.10. The first-order valence-corrected chi connectivity index (χ1v) is 8.44. The number of ether oxygens (including phenoxy) is 1. The molecule has 1 aromatic heterocycles. The number of sulfonamides is 1. The summed E-state index contributed by atoms with van der Waals surface area (Å²) in [6.07, 6.45) is 1.45. The molecule has 0 radical (unpaired) electrons. The van der Waals surface area contributed by atoms with Crippen LogP contribution < -0.4 is 16.0 Å². The summed E-state index contributed by atoms with van der Waals surface area (Å²) in [5.41, 5.74) is -1.63. The Balaban J connectivity index is 2.28. The van der Waals surface area contributed by atoms with Crippen LogP contribution in [0, 0.1) is 0 Å². The molecule has 0 bridgehead atoms. The molecule has 2 rings (SSSR count). The standard InChI is InChI=1S/C14H15N3O6S/c1-2-6-23-13(19)9-4-3-5-10(7-9)17-24(21,22)11-8-15-14(20)16-12(11)18/h3-5,7-8,17H,2,6H2,1H3,(H2,15,16,18,20). The normalized spacial score (nSPS) is 11.0. The maximum Gasteiger partial charge on any atom is 0.338 e. The van der Waals surface area contributed by atoms with Crippen LogP contribution in [0.25, 0.3) is 0 Å². The molecular weight excluding hydrogens is 338 g/mol. The van der Waals surface area contributed by atoms with Crippen molar-refractivity contribution in [1.82, 2.24) is 9.97 Å². The highest BCUT2D eigenvalue weighted by molar-refractivity contribution is 7.92. The highest BCUT2D eigenvalue weighted by Crippen LogP contribution is 2.15. The van der Waals surface area contributed by atoms with Crippen molar-refractivity contribution >= 4 is 21.7 Å². The highest BCUT2D eigenvalue weighted by Gasteiger charge is 2.19. The van der Waals surface area contributed by atoms with Crippen molar-refractivity contribution in [2.75, 3.05) is 11.3 Å². The number of carbonyl (C=O) groups is 1. The molecule has 128 valence electrons. The number of aromatic nitrogens is 2. The molecular formula is C14H15N3O6S. The van der Waals surface area contributed by atoms with Gasteiger partial charge in [0.1, 0.15) is 0 Å². The van der Waals surface area contributed by atoms with Gasteiger partial charge in [-0.05, 0) is 24.6 Å². The summed E-state index contributed by atoms with van der Waals surface area (Å²) >= 11 is 0. The summed E-state index contributed by atoms with van der Waals surface area (Å²) in [5, 5.41) is 0. The summed E-state index contributed by atoms with van der Waals surface area (Å²) in [4.78, 5) is 37.6. The Bertz CT molecular complexity index is 961. The molecule has 0 unspecified atom stereocenters. The lowest BCUT2D eigenvalue weighted by Crippen LogP contribution is -2.29. The zero-order valence-corrected chi connectivity index (χ0v) is 13.5. The van der Waals surface area contributed by atoms with Crippen molar-refractivity contribution in [3.63, 3.8) is 0 Å². The van der Waals surface area contributed by atoms with Crippen molar-refractivity contribution in [1.29, 1.82) is 0 Å². The van der Waals surface area contributed by atoms with Crippen LogP contribution in [0.2, 0.25) is 0 Å². The van der Waals surface area contributed by atoms with Crippen LogP contribution in [0.3, 0.4) is 0 Å². The number of nitrogens with one attached hydrogen (secondary N) is 3. The van der Waals surface area contributed by atoms with E-state index in [1.165, 1.54) is 24.3 Å². The maximum absolute atomic E-state index is 12.2. The molecule has 0 fully saturated rings. The van der Waals surface area contributed by atoms with Gasteiger partial charge in [0, 0.05) is 11.9 Å². The van der Waals surface area contributed by atoms with Crippen LogP contribution in [-0.2, 0) is 14.8 Å². The Morgan fingerprint density at radius 1 is 1.29 bits per heavy atom. The summed E-state index contributed by atoms with van der Waals surface area (Å²) in [6, 6.07) is 5.64. The first-order valence-electron chi connectivity index (χ1n) is 6.95. The lowest BCUT2D eigenvalue weighted by atomic mass is 10.2. The smallest absolute Gasteiger partial charge is 0.338 e. The van der Waals surface area contributed by atoms with Crippen molar-refractivity contribution in [3.05, 3.63) is 56.9 Å². The number of aromatic amines is 2. The van der Waals surface area contributed by atoms with Crippen molar-refractivity contribution in [2.45, 2.75) is 18.2 Å². The molecule has 24 heavy (non-hydrogen) atoms. The fourth-order valence-corrected chi connectivity index (χ4v) is 2.85. The van der Waals surface area contributed by atoms with E-state index >= 15 is 0 Å². The Morgan fingerprint density at radius 3 is 2.71 bits per heavy atom. The summed E-state index contributed by atoms with van der Waals surface area (Å²) < 4.78 is 31.6. The molecule has 0 aliphatic rings. The molecule has 0 saturated carbocycles. The first-order chi connectivity index (χ1) is 11.3. The van der Waals surface area contributed by atoms with Gasteiger partial charge in [0.25, 0.3) is 15.6 Å². The average molecular weight is 353 g/mol. The predicted molar refractivity (Wildman–Crippen MR) is 85.5 cm³/mol. The van der Waals surface area contributed by atoms with E-state index in [1.54, 1.807) is 0 Å². The van der Waals surface area contributed by atoms with E-state index in [2.05, 4.69) is 9.71 Å². The minimum absolute atomic E-state index is 0.0755. The molecule has 0 aliphatic carbocycles. The van der Waals surface area contributed by atoms with Crippen LogP contribution >= 0.6 is 0 Å². The predicted octanol–water partition coefficient (Wildman–Crippen LogP) is 0.431. The number of esters is 1. The number of rotatable bonds is 6. The molecule has 0 aliphatic heterocycles. The van der Waals surface area contributed by atoms with Crippen molar-refractivity contribution < 1.29 is 17.9 Å². The Hall–Kier alpha value is -2.88. The number of carbonyl (C=O) groups excluding carboxylic acids is 1. The molecule has 0 amide bonds. The number of hydrogen-bond acceptors (Lipinski definition) is 6. The summed E-state index contributed by atoms with van der Waals surface area (Å²) in [5.74, 6) is -0.584. The van der Waals surface area contributed by atoms with Gasteiger partial charge in [-0.2, -0.15) is 0 Å². The largest absolute Gasteiger partial charge is 0.462 e. The molecule has 0 spiro atoms. The van der Waals surface area contributed by atoms with E-state index in [4.69, 9.17) is 4.74 Å². The van der Waals surface area contributed by atoms with Gasteiger partial charge in [-0.25, -0.2) is 18.0 Å². The minimum Gasteiger partial charge on any atom is -0.462 e. The number of anilines is 1. The third-order valence-electron chi connectivity index (χ3n) is 2.86. The SMILES string of the molecule is CCCOC(=O)c1cccc(NS(=O)(=O)c2c[nH]c(=O)[nH]c2=O)c1. The quantitative estimate of drug-likeness (QED) is 0.644. The van der Waals surface area contributed by atoms with E-state index in [1.807, 2.05) is 11.9 Å². The topological polar surface area (TPSA) is 138 Å². The third-order valence-corrected chi connectivity index (χ3v) is 4.25. The molecule has 1 heterocycles. The monoisotopic (exact) mass is 353 g/mol. The van der Waals surface area contributed by atoms with Crippen LogP contribution in [-0.4, -0.2) is 31.0 Å². The van der Waals surface area contributed by atoms with Crippen molar-refractivity contribution in [2.24, 2.45) is 0 Å². The second-order valence-corrected chi connectivity index (χ2v) is 6.41. The Labute approximate surface area is 136 Å². The van der Waals surface area contributed by atoms with E-state index < -0.39 is 32.1 Å². The zero-order valence-electron chi connectivity index (χ0n) is 12.7. The van der Waals surface area contributed by atoms with E-state index in [0.29, 0.717) is 6.42 Å². The van der Waals surface area contributed by atoms with Gasteiger partial charge >= 0.3 is 11.7 Å². The maximum atomic E-state index is 12.2. The van der Waals surface area contributed by atoms with E-state index in [9.17, 15) is 22.8 Å². The number of H-pyrrole nitrogens is 2. The van der Waals surface area contributed by atoms with Gasteiger partial charge in [0.05, 0.1) is 12.2 Å². The van der Waals surface area contributed by atoms with Crippen LogP contribution in [0.15, 0.2) is 44.9 Å². The lowest BCUT2D eigenvalue weighted by Gasteiger charge is -2.09. The van der Waals surface area contributed by atoms with Gasteiger partial charge in [-0.1, -0.05) is 13.0 Å². The highest BCUT2D eigenvalue weighted by atomic mass is 32.2. The molecule has 3 N–H and O–H groups in total. The van der Waals surface area contributed by atoms with Crippen molar-refractivity contribution in [3.8, 4) is 0 Å². The summed E-state index contributed by atoms with van der Waals surface area (Å²) in [7, 11) is -4.24. The van der Waals surface area contributed by atoms with Crippen LogP contribution in [0.1, 0.15) is 23.7 Å². The third kappa shape index (κ3) is 4.10. The van der Waals surface area contributed by atoms with E-state index in [0.717, 1.165) is 6.20 Å². The zero-order chi connectivity index (χ0) is 17.7. The van der Waals surface area contributed by atoms with Gasteiger partial charge < -0.3 is 9.72 Å². The van der Waals surface area contributed by atoms with Gasteiger partial charge in [0.2, 0.25) is 0 Å². The van der Waals surface area contributed by atoms with Gasteiger partial charge in [0.15, 0.2) is 4.90 Å². The van der Waals surface area contributed by atoms with E-state index in [-0.39, 0.29) is 17.9 Å². The molecule has 1 aromatic carbocycles. The molecule has 10 heteroatoms. The first kappa shape index (κ1) is 17.5. The number of benzene rings is 1. The molecule has 0 atom stereocenters. The van der Waals surface area contributed by atoms with Gasteiger partial charge in [-0.15, -0.1) is 0 Å². The molecule has 2 aromatic rings. The fourth-order valence-electron chi connectivity index (χ4n) is 1.79.